The fourth-order valence-electron chi connectivity index (χ4n) is 6.96. The summed E-state index contributed by atoms with van der Waals surface area (Å²) in [6.45, 7) is 4.08. The smallest absolute Gasteiger partial charge is 0.289 e. The number of halogens is 1. The van der Waals surface area contributed by atoms with E-state index < -0.39 is 45.8 Å². The van der Waals surface area contributed by atoms with Gasteiger partial charge < -0.3 is 0 Å². The van der Waals surface area contributed by atoms with E-state index in [1.54, 1.807) is 28.8 Å². The first-order valence-electron chi connectivity index (χ1n) is 13.4. The molecule has 2 saturated heterocycles. The van der Waals surface area contributed by atoms with Crippen LogP contribution in [0.15, 0.2) is 71.5 Å². The van der Waals surface area contributed by atoms with Crippen molar-refractivity contribution in [1.29, 1.82) is 0 Å². The Bertz CT molecular complexity index is 1890. The van der Waals surface area contributed by atoms with Crippen molar-refractivity contribution in [2.24, 2.45) is 17.8 Å². The summed E-state index contributed by atoms with van der Waals surface area (Å²) in [5.41, 5.74) is -0.0757. The van der Waals surface area contributed by atoms with Gasteiger partial charge in [-0.3, -0.25) is 34.4 Å². The monoisotopic (exact) mass is 569 g/mol. The van der Waals surface area contributed by atoms with Gasteiger partial charge in [-0.2, -0.15) is 0 Å². The van der Waals surface area contributed by atoms with Crippen molar-refractivity contribution in [3.8, 4) is 5.69 Å². The van der Waals surface area contributed by atoms with Crippen LogP contribution in [0, 0.1) is 27.9 Å². The lowest BCUT2D eigenvalue weighted by atomic mass is 9.75. The van der Waals surface area contributed by atoms with Crippen LogP contribution in [0.1, 0.15) is 31.7 Å². The molecule has 3 aromatic carbocycles. The number of anilines is 1. The van der Waals surface area contributed by atoms with Gasteiger partial charge in [-0.15, -0.1) is 0 Å². The first kappa shape index (κ1) is 25.6. The van der Waals surface area contributed by atoms with Gasteiger partial charge in [-0.1, -0.05) is 55.8 Å². The number of para-hydroxylation sites is 2. The molecule has 2 amide bonds. The average molecular weight is 570 g/mol. The van der Waals surface area contributed by atoms with Crippen molar-refractivity contribution >= 4 is 45.7 Å². The Kier molecular flexibility index (Phi) is 5.48. The number of benzene rings is 3. The van der Waals surface area contributed by atoms with Crippen molar-refractivity contribution in [3.63, 3.8) is 0 Å². The molecule has 3 aliphatic rings. The van der Waals surface area contributed by atoms with Crippen LogP contribution < -0.4 is 15.8 Å². The van der Waals surface area contributed by atoms with Crippen LogP contribution >= 0.6 is 11.6 Å². The third-order valence-electron chi connectivity index (χ3n) is 8.47. The summed E-state index contributed by atoms with van der Waals surface area (Å²) in [5.74, 6) is -2.17. The third-order valence-corrected chi connectivity index (χ3v) is 8.79. The minimum absolute atomic E-state index is 0.0825. The molecule has 4 atom stereocenters. The van der Waals surface area contributed by atoms with E-state index >= 15 is 0 Å². The lowest BCUT2D eigenvalue weighted by Gasteiger charge is -2.32. The van der Waals surface area contributed by atoms with Crippen molar-refractivity contribution in [2.75, 3.05) is 4.90 Å². The number of nitrogens with one attached hydrogen (secondary N) is 1. The van der Waals surface area contributed by atoms with Crippen LogP contribution in [0.25, 0.3) is 16.6 Å². The first-order chi connectivity index (χ1) is 19.6. The highest BCUT2D eigenvalue weighted by Crippen LogP contribution is 2.56. The van der Waals surface area contributed by atoms with Gasteiger partial charge in [0.15, 0.2) is 0 Å². The molecule has 2 fully saturated rings. The van der Waals surface area contributed by atoms with E-state index in [9.17, 15) is 24.5 Å². The SMILES string of the molecule is CC(C)C[C@@H]1N[C@]2(c3ccccc3-n3c2nc2ccccc2c3=O)[C@H]2C(=O)N(c3ccc(Cl)c([N+](=O)[O-])c3)C(=O)[C@@H]12. The lowest BCUT2D eigenvalue weighted by Crippen LogP contribution is -2.50. The number of imide groups is 1. The molecule has 11 heteroatoms. The molecule has 1 aromatic heterocycles. The van der Waals surface area contributed by atoms with E-state index in [-0.39, 0.29) is 22.2 Å². The van der Waals surface area contributed by atoms with Crippen molar-refractivity contribution in [1.82, 2.24) is 14.9 Å². The number of hydrogen-bond donors (Lipinski definition) is 1. The summed E-state index contributed by atoms with van der Waals surface area (Å²) in [6, 6.07) is 17.9. The molecule has 7 rings (SSSR count). The maximum Gasteiger partial charge on any atom is 0.289 e. The number of nitro groups is 1. The zero-order valence-corrected chi connectivity index (χ0v) is 22.8. The molecule has 0 aliphatic carbocycles. The molecule has 206 valence electrons. The van der Waals surface area contributed by atoms with Crippen LogP contribution in [-0.2, 0) is 15.1 Å². The Labute approximate surface area is 238 Å². The topological polar surface area (TPSA) is 127 Å². The maximum absolute atomic E-state index is 14.5. The molecule has 4 heterocycles. The second kappa shape index (κ2) is 8.79. The van der Waals surface area contributed by atoms with Crippen molar-refractivity contribution < 1.29 is 14.5 Å². The summed E-state index contributed by atoms with van der Waals surface area (Å²) >= 11 is 6.04. The van der Waals surface area contributed by atoms with Crippen LogP contribution in [0.4, 0.5) is 11.4 Å². The van der Waals surface area contributed by atoms with Gasteiger partial charge in [-0.05, 0) is 42.7 Å². The van der Waals surface area contributed by atoms with Gasteiger partial charge in [0, 0.05) is 17.7 Å². The fourth-order valence-corrected chi connectivity index (χ4v) is 7.15. The summed E-state index contributed by atoms with van der Waals surface area (Å²) < 4.78 is 1.55. The lowest BCUT2D eigenvalue weighted by molar-refractivity contribution is -0.384. The Hall–Kier alpha value is -4.41. The molecule has 3 aliphatic heterocycles. The van der Waals surface area contributed by atoms with Gasteiger partial charge in [-0.25, -0.2) is 9.88 Å². The fraction of sp³-hybridized carbons (Fsp3) is 0.267. The van der Waals surface area contributed by atoms with Gasteiger partial charge >= 0.3 is 0 Å². The summed E-state index contributed by atoms with van der Waals surface area (Å²) in [7, 11) is 0. The predicted molar refractivity (Wildman–Crippen MR) is 152 cm³/mol. The summed E-state index contributed by atoms with van der Waals surface area (Å²) in [5, 5.41) is 15.6. The van der Waals surface area contributed by atoms with Gasteiger partial charge in [0.05, 0.1) is 39.0 Å². The summed E-state index contributed by atoms with van der Waals surface area (Å²) in [6.07, 6.45) is 0.580. The third kappa shape index (κ3) is 3.34. The van der Waals surface area contributed by atoms with Crippen LogP contribution in [-0.4, -0.2) is 32.3 Å². The number of amides is 2. The number of hydrogen-bond acceptors (Lipinski definition) is 7. The molecular formula is C30H24ClN5O5. The molecule has 0 radical (unpaired) electrons. The second-order valence-corrected chi connectivity index (χ2v) is 11.6. The zero-order valence-electron chi connectivity index (χ0n) is 22.1. The number of carbonyl (C=O) groups excluding carboxylic acids is 2. The molecule has 0 saturated carbocycles. The van der Waals surface area contributed by atoms with Gasteiger partial charge in [0.2, 0.25) is 11.8 Å². The summed E-state index contributed by atoms with van der Waals surface area (Å²) in [4.78, 5) is 59.5. The molecule has 41 heavy (non-hydrogen) atoms. The minimum atomic E-state index is -1.27. The average Bonchev–Trinajstić information content (AvgIpc) is 3.52. The highest BCUT2D eigenvalue weighted by Gasteiger charge is 2.69. The van der Waals surface area contributed by atoms with Crippen molar-refractivity contribution in [2.45, 2.75) is 31.8 Å². The zero-order chi connectivity index (χ0) is 28.8. The van der Waals surface area contributed by atoms with E-state index in [2.05, 4.69) is 5.32 Å². The quantitative estimate of drug-likeness (QED) is 0.220. The van der Waals surface area contributed by atoms with E-state index in [4.69, 9.17) is 16.6 Å². The Morgan fingerprint density at radius 2 is 1.78 bits per heavy atom. The minimum Gasteiger partial charge on any atom is -0.297 e. The number of fused-ring (bicyclic) bond motifs is 8. The van der Waals surface area contributed by atoms with E-state index in [1.807, 2.05) is 38.1 Å². The van der Waals surface area contributed by atoms with E-state index in [0.717, 1.165) is 11.0 Å². The van der Waals surface area contributed by atoms with E-state index in [1.165, 1.54) is 12.1 Å². The molecule has 0 bridgehead atoms. The van der Waals surface area contributed by atoms with Gasteiger partial charge in [0.1, 0.15) is 16.4 Å². The van der Waals surface area contributed by atoms with Crippen LogP contribution in [0.3, 0.4) is 0 Å². The number of rotatable bonds is 4. The second-order valence-electron chi connectivity index (χ2n) is 11.2. The number of aromatic nitrogens is 2. The standard InChI is InChI=1S/C30H24ClN5O5/c1-15(2)13-21-24-25(28(39)34(27(24)38)16-11-12-19(31)23(14-16)36(40)41)30(33-21)18-8-4-6-10-22(18)35-26(37)17-7-3-5-9-20(17)32-29(30)35/h3-12,14-15,21,24-25,33H,13H2,1-2H3/t21-,24-,25+,30+/m0/s1. The highest BCUT2D eigenvalue weighted by molar-refractivity contribution is 6.33. The van der Waals surface area contributed by atoms with Gasteiger partial charge in [0.25, 0.3) is 11.2 Å². The number of nitro benzene ring substituents is 1. The van der Waals surface area contributed by atoms with Crippen LogP contribution in [0.2, 0.25) is 5.02 Å². The molecule has 4 aromatic rings. The highest BCUT2D eigenvalue weighted by atomic mass is 35.5. The number of carbonyl (C=O) groups is 2. The maximum atomic E-state index is 14.5. The predicted octanol–water partition coefficient (Wildman–Crippen LogP) is 4.33. The Balaban J connectivity index is 1.50. The molecule has 1 N–H and O–H groups in total. The molecule has 0 unspecified atom stereocenters. The Morgan fingerprint density at radius 1 is 1.05 bits per heavy atom. The molecule has 1 spiro atoms. The van der Waals surface area contributed by atoms with Crippen molar-refractivity contribution in [3.05, 3.63) is 104 Å². The largest absolute Gasteiger partial charge is 0.297 e. The molecular weight excluding hydrogens is 546 g/mol. The van der Waals surface area contributed by atoms with E-state index in [0.29, 0.717) is 34.4 Å². The van der Waals surface area contributed by atoms with Crippen LogP contribution in [0.5, 0.6) is 0 Å². The first-order valence-corrected chi connectivity index (χ1v) is 13.7. The normalized spacial score (nSPS) is 24.4. The number of nitrogens with zero attached hydrogens (tertiary/aromatic N) is 4. The molecule has 10 nitrogen and oxygen atoms in total. The Morgan fingerprint density at radius 3 is 2.54 bits per heavy atom.